The van der Waals surface area contributed by atoms with Crippen molar-refractivity contribution in [1.82, 2.24) is 0 Å². The third-order valence-corrected chi connectivity index (χ3v) is 3.16. The van der Waals surface area contributed by atoms with Crippen LogP contribution in [-0.4, -0.2) is 25.8 Å². The van der Waals surface area contributed by atoms with Crippen LogP contribution in [0.3, 0.4) is 0 Å². The zero-order valence-corrected chi connectivity index (χ0v) is 10.6. The van der Waals surface area contributed by atoms with Crippen molar-refractivity contribution in [1.29, 1.82) is 0 Å². The molecule has 1 fully saturated rings. The largest absolute Gasteiger partial charge is 0.462 e. The van der Waals surface area contributed by atoms with E-state index in [4.69, 9.17) is 15.2 Å². The molecule has 0 aromatic heterocycles. The molecule has 1 saturated heterocycles. The lowest BCUT2D eigenvalue weighted by Gasteiger charge is -2.12. The van der Waals surface area contributed by atoms with Crippen molar-refractivity contribution in [2.45, 2.75) is 19.8 Å². The Morgan fingerprint density at radius 3 is 3.06 bits per heavy atom. The van der Waals surface area contributed by atoms with E-state index in [1.807, 2.05) is 12.1 Å². The van der Waals surface area contributed by atoms with Crippen molar-refractivity contribution < 1.29 is 14.3 Å². The molecule has 1 aromatic carbocycles. The number of rotatable bonds is 4. The first-order valence-corrected chi connectivity index (χ1v) is 6.34. The number of hydrogen-bond donors (Lipinski definition) is 1. The Balaban J connectivity index is 2.19. The van der Waals surface area contributed by atoms with Gasteiger partial charge in [-0.3, -0.25) is 0 Å². The van der Waals surface area contributed by atoms with Gasteiger partial charge in [0.1, 0.15) is 0 Å². The molecule has 1 aliphatic rings. The predicted molar refractivity (Wildman–Crippen MR) is 69.4 cm³/mol. The summed E-state index contributed by atoms with van der Waals surface area (Å²) in [5, 5.41) is 0. The molecule has 4 heteroatoms. The van der Waals surface area contributed by atoms with E-state index in [1.54, 1.807) is 13.0 Å². The topological polar surface area (TPSA) is 61.5 Å². The molecule has 1 unspecified atom stereocenters. The summed E-state index contributed by atoms with van der Waals surface area (Å²) in [6.45, 7) is 3.76. The number of benzene rings is 1. The van der Waals surface area contributed by atoms with E-state index in [0.29, 0.717) is 23.8 Å². The summed E-state index contributed by atoms with van der Waals surface area (Å²) in [5.41, 5.74) is 7.91. The molecule has 0 aliphatic carbocycles. The molecular weight excluding hydrogens is 230 g/mol. The van der Waals surface area contributed by atoms with Gasteiger partial charge in [-0.25, -0.2) is 4.79 Å². The summed E-state index contributed by atoms with van der Waals surface area (Å²) in [5.74, 6) is 0.195. The minimum atomic E-state index is -0.293. The molecule has 1 atom stereocenters. The molecule has 0 amide bonds. The molecule has 0 spiro atoms. The Bertz CT molecular complexity index is 425. The van der Waals surface area contributed by atoms with Crippen molar-refractivity contribution in [3.63, 3.8) is 0 Å². The molecule has 2 rings (SSSR count). The highest BCUT2D eigenvalue weighted by atomic mass is 16.5. The Morgan fingerprint density at radius 1 is 1.56 bits per heavy atom. The summed E-state index contributed by atoms with van der Waals surface area (Å²) in [4.78, 5) is 11.9. The van der Waals surface area contributed by atoms with Crippen molar-refractivity contribution in [2.24, 2.45) is 5.92 Å². The number of ether oxygens (including phenoxy) is 2. The minimum absolute atomic E-state index is 0.293. The first-order valence-electron chi connectivity index (χ1n) is 6.34. The Morgan fingerprint density at radius 2 is 2.39 bits per heavy atom. The Labute approximate surface area is 107 Å². The lowest BCUT2D eigenvalue weighted by molar-refractivity contribution is 0.0525. The average molecular weight is 249 g/mol. The van der Waals surface area contributed by atoms with Gasteiger partial charge in [0.15, 0.2) is 0 Å². The standard InChI is InChI=1S/C14H19NO3/c1-2-18-14(16)13-8-12(15)4-3-11(13)7-10-5-6-17-9-10/h3-4,8,10H,2,5-7,9,15H2,1H3. The fourth-order valence-corrected chi connectivity index (χ4v) is 2.23. The average Bonchev–Trinajstić information content (AvgIpc) is 2.84. The minimum Gasteiger partial charge on any atom is -0.462 e. The van der Waals surface area contributed by atoms with Gasteiger partial charge in [0.25, 0.3) is 0 Å². The highest BCUT2D eigenvalue weighted by Gasteiger charge is 2.20. The molecule has 4 nitrogen and oxygen atoms in total. The number of nitrogen functional groups attached to an aromatic ring is 1. The van der Waals surface area contributed by atoms with E-state index in [0.717, 1.165) is 31.6 Å². The molecule has 98 valence electrons. The number of anilines is 1. The second-order valence-corrected chi connectivity index (χ2v) is 4.57. The van der Waals surface area contributed by atoms with E-state index in [-0.39, 0.29) is 5.97 Å². The molecule has 1 heterocycles. The number of hydrogen-bond acceptors (Lipinski definition) is 4. The third kappa shape index (κ3) is 3.01. The monoisotopic (exact) mass is 249 g/mol. The predicted octanol–water partition coefficient (Wildman–Crippen LogP) is 2.02. The quantitative estimate of drug-likeness (QED) is 0.655. The molecule has 0 bridgehead atoms. The van der Waals surface area contributed by atoms with Gasteiger partial charge in [-0.2, -0.15) is 0 Å². The molecule has 0 saturated carbocycles. The fourth-order valence-electron chi connectivity index (χ4n) is 2.23. The number of esters is 1. The van der Waals surface area contributed by atoms with Crippen LogP contribution in [0.25, 0.3) is 0 Å². The number of carbonyl (C=O) groups excluding carboxylic acids is 1. The molecule has 2 N–H and O–H groups in total. The summed E-state index contributed by atoms with van der Waals surface area (Å²) < 4.78 is 10.4. The van der Waals surface area contributed by atoms with Crippen LogP contribution in [0.2, 0.25) is 0 Å². The van der Waals surface area contributed by atoms with Crippen molar-refractivity contribution in [2.75, 3.05) is 25.6 Å². The first-order chi connectivity index (χ1) is 8.70. The maximum absolute atomic E-state index is 11.9. The van der Waals surface area contributed by atoms with Gasteiger partial charge in [0, 0.05) is 18.9 Å². The van der Waals surface area contributed by atoms with Crippen LogP contribution >= 0.6 is 0 Å². The second-order valence-electron chi connectivity index (χ2n) is 4.57. The van der Waals surface area contributed by atoms with E-state index in [1.165, 1.54) is 0 Å². The van der Waals surface area contributed by atoms with Gasteiger partial charge < -0.3 is 15.2 Å². The lowest BCUT2D eigenvalue weighted by Crippen LogP contribution is -2.12. The summed E-state index contributed by atoms with van der Waals surface area (Å²) >= 11 is 0. The summed E-state index contributed by atoms with van der Waals surface area (Å²) in [6.07, 6.45) is 1.89. The summed E-state index contributed by atoms with van der Waals surface area (Å²) in [6, 6.07) is 5.44. The van der Waals surface area contributed by atoms with Crippen molar-refractivity contribution in [3.05, 3.63) is 29.3 Å². The van der Waals surface area contributed by atoms with Crippen LogP contribution < -0.4 is 5.73 Å². The number of carbonyl (C=O) groups is 1. The smallest absolute Gasteiger partial charge is 0.338 e. The van der Waals surface area contributed by atoms with Crippen LogP contribution in [0.5, 0.6) is 0 Å². The van der Waals surface area contributed by atoms with Crippen LogP contribution in [0.15, 0.2) is 18.2 Å². The van der Waals surface area contributed by atoms with Gasteiger partial charge in [-0.05, 0) is 43.4 Å². The molecule has 1 aromatic rings. The van der Waals surface area contributed by atoms with Gasteiger partial charge in [-0.15, -0.1) is 0 Å². The molecular formula is C14H19NO3. The zero-order chi connectivity index (χ0) is 13.0. The van der Waals surface area contributed by atoms with Gasteiger partial charge in [0.05, 0.1) is 12.2 Å². The number of nitrogens with two attached hydrogens (primary N) is 1. The van der Waals surface area contributed by atoms with Gasteiger partial charge >= 0.3 is 5.97 Å². The van der Waals surface area contributed by atoms with E-state index < -0.39 is 0 Å². The third-order valence-electron chi connectivity index (χ3n) is 3.16. The van der Waals surface area contributed by atoms with Crippen molar-refractivity contribution in [3.8, 4) is 0 Å². The van der Waals surface area contributed by atoms with Crippen LogP contribution in [0, 0.1) is 5.92 Å². The molecule has 18 heavy (non-hydrogen) atoms. The lowest BCUT2D eigenvalue weighted by atomic mass is 9.94. The van der Waals surface area contributed by atoms with E-state index in [9.17, 15) is 4.79 Å². The van der Waals surface area contributed by atoms with Crippen LogP contribution in [0.4, 0.5) is 5.69 Å². The molecule has 0 radical (unpaired) electrons. The zero-order valence-electron chi connectivity index (χ0n) is 10.6. The first kappa shape index (κ1) is 12.9. The molecule has 1 aliphatic heterocycles. The highest BCUT2D eigenvalue weighted by Crippen LogP contribution is 2.23. The summed E-state index contributed by atoms with van der Waals surface area (Å²) in [7, 11) is 0. The Kier molecular flexibility index (Phi) is 4.20. The Hall–Kier alpha value is -1.55. The second kappa shape index (κ2) is 5.87. The van der Waals surface area contributed by atoms with Gasteiger partial charge in [0.2, 0.25) is 0 Å². The van der Waals surface area contributed by atoms with E-state index in [2.05, 4.69) is 0 Å². The van der Waals surface area contributed by atoms with Gasteiger partial charge in [-0.1, -0.05) is 6.07 Å². The van der Waals surface area contributed by atoms with Crippen LogP contribution in [0.1, 0.15) is 29.3 Å². The highest BCUT2D eigenvalue weighted by molar-refractivity contribution is 5.92. The van der Waals surface area contributed by atoms with Crippen molar-refractivity contribution >= 4 is 11.7 Å². The maximum Gasteiger partial charge on any atom is 0.338 e. The SMILES string of the molecule is CCOC(=O)c1cc(N)ccc1CC1CCOC1. The fraction of sp³-hybridized carbons (Fsp3) is 0.500. The van der Waals surface area contributed by atoms with E-state index >= 15 is 0 Å². The maximum atomic E-state index is 11.9. The normalized spacial score (nSPS) is 18.8. The van der Waals surface area contributed by atoms with Crippen LogP contribution in [-0.2, 0) is 15.9 Å².